The van der Waals surface area contributed by atoms with E-state index in [1.54, 1.807) is 11.3 Å². The third-order valence-corrected chi connectivity index (χ3v) is 6.33. The van der Waals surface area contributed by atoms with E-state index in [9.17, 15) is 9.59 Å². The lowest BCUT2D eigenvalue weighted by atomic mass is 9.90. The summed E-state index contributed by atoms with van der Waals surface area (Å²) in [6.07, 6.45) is 0.145. The fourth-order valence-corrected chi connectivity index (χ4v) is 4.80. The van der Waals surface area contributed by atoms with Crippen molar-refractivity contribution in [2.75, 3.05) is 10.6 Å². The highest BCUT2D eigenvalue weighted by Crippen LogP contribution is 2.34. The molecule has 1 aromatic heterocycles. The molecule has 0 aliphatic carbocycles. The Hall–Kier alpha value is -3.51. The number of carbonyl (C=O) groups is 2. The van der Waals surface area contributed by atoms with E-state index >= 15 is 0 Å². The molecule has 0 fully saturated rings. The summed E-state index contributed by atoms with van der Waals surface area (Å²) in [5.41, 5.74) is 5.46. The molecule has 30 heavy (non-hydrogen) atoms. The van der Waals surface area contributed by atoms with E-state index in [0.717, 1.165) is 26.4 Å². The van der Waals surface area contributed by atoms with Gasteiger partial charge in [0.15, 0.2) is 0 Å². The topological polar surface area (TPSA) is 71.1 Å². The first-order chi connectivity index (χ1) is 14.6. The van der Waals surface area contributed by atoms with Crippen molar-refractivity contribution < 1.29 is 9.59 Å². The molecule has 1 unspecified atom stereocenters. The number of anilines is 2. The average Bonchev–Trinajstić information content (AvgIpc) is 3.16. The van der Waals surface area contributed by atoms with Gasteiger partial charge in [-0.2, -0.15) is 0 Å². The minimum absolute atomic E-state index is 0.143. The minimum Gasteiger partial charge on any atom is -0.326 e. The highest BCUT2D eigenvalue weighted by molar-refractivity contribution is 7.21. The number of hydrogen-bond donors (Lipinski definition) is 2. The molecule has 3 aromatic carbocycles. The van der Waals surface area contributed by atoms with Crippen LogP contribution in [0.2, 0.25) is 0 Å². The number of aryl methyl sites for hydroxylation is 1. The van der Waals surface area contributed by atoms with Gasteiger partial charge in [0.25, 0.3) is 0 Å². The summed E-state index contributed by atoms with van der Waals surface area (Å²) < 4.78 is 1.16. The van der Waals surface area contributed by atoms with Gasteiger partial charge in [0.05, 0.1) is 16.1 Å². The summed E-state index contributed by atoms with van der Waals surface area (Å²) in [6, 6.07) is 21.3. The van der Waals surface area contributed by atoms with Crippen molar-refractivity contribution in [2.45, 2.75) is 19.3 Å². The summed E-state index contributed by atoms with van der Waals surface area (Å²) in [5, 5.41) is 6.72. The number of amides is 2. The number of nitrogens with one attached hydrogen (secondary N) is 2. The number of benzene rings is 3. The zero-order chi connectivity index (χ0) is 20.7. The number of para-hydroxylation sites is 1. The number of thiazole rings is 1. The third-order valence-electron chi connectivity index (χ3n) is 5.26. The molecular weight excluding hydrogens is 394 g/mol. The Bertz CT molecular complexity index is 1280. The molecule has 4 aromatic rings. The number of nitrogens with zero attached hydrogens (tertiary/aromatic N) is 1. The van der Waals surface area contributed by atoms with Crippen molar-refractivity contribution in [3.05, 3.63) is 77.9 Å². The van der Waals surface area contributed by atoms with Crippen LogP contribution in [0.3, 0.4) is 0 Å². The summed E-state index contributed by atoms with van der Waals surface area (Å²) in [6.45, 7) is 2.07. The standard InChI is InChI=1S/C24H19N3O2S/c1-14-6-11-20-21(12-14)30-24(27-20)15-7-9-16(10-8-15)25-23(29)18-13-22(28)26-19-5-3-2-4-17(18)19/h2-12,18H,13H2,1H3,(H,25,29)(H,26,28). The van der Waals surface area contributed by atoms with Crippen LogP contribution in [-0.2, 0) is 9.59 Å². The first-order valence-corrected chi connectivity index (χ1v) is 10.6. The normalized spacial score (nSPS) is 15.5. The van der Waals surface area contributed by atoms with E-state index in [2.05, 4.69) is 29.7 Å². The van der Waals surface area contributed by atoms with E-state index in [1.807, 2.05) is 54.6 Å². The SMILES string of the molecule is Cc1ccc2nc(-c3ccc(NC(=O)C4CC(=O)Nc5ccccc54)cc3)sc2c1. The summed E-state index contributed by atoms with van der Waals surface area (Å²) in [5.74, 6) is -0.821. The van der Waals surface area contributed by atoms with Gasteiger partial charge >= 0.3 is 0 Å². The van der Waals surface area contributed by atoms with Gasteiger partial charge in [0, 0.05) is 23.4 Å². The van der Waals surface area contributed by atoms with Crippen molar-refractivity contribution in [1.29, 1.82) is 0 Å². The molecule has 2 N–H and O–H groups in total. The number of aromatic nitrogens is 1. The van der Waals surface area contributed by atoms with Gasteiger partial charge in [-0.15, -0.1) is 11.3 Å². The molecule has 2 amide bonds. The highest BCUT2D eigenvalue weighted by atomic mass is 32.1. The van der Waals surface area contributed by atoms with Crippen molar-refractivity contribution >= 4 is 44.7 Å². The number of carbonyl (C=O) groups excluding carboxylic acids is 2. The maximum absolute atomic E-state index is 12.9. The predicted molar refractivity (Wildman–Crippen MR) is 121 cm³/mol. The summed E-state index contributed by atoms with van der Waals surface area (Å²) >= 11 is 1.66. The lowest BCUT2D eigenvalue weighted by Crippen LogP contribution is -2.30. The van der Waals surface area contributed by atoms with Gasteiger partial charge < -0.3 is 10.6 Å². The number of fused-ring (bicyclic) bond motifs is 2. The van der Waals surface area contributed by atoms with Gasteiger partial charge in [0.1, 0.15) is 5.01 Å². The third kappa shape index (κ3) is 3.46. The summed E-state index contributed by atoms with van der Waals surface area (Å²) in [4.78, 5) is 29.6. The van der Waals surface area contributed by atoms with Crippen molar-refractivity contribution in [2.24, 2.45) is 0 Å². The Balaban J connectivity index is 1.36. The molecule has 0 spiro atoms. The Labute approximate surface area is 177 Å². The monoisotopic (exact) mass is 413 g/mol. The molecule has 6 heteroatoms. The van der Waals surface area contributed by atoms with Crippen LogP contribution in [0.5, 0.6) is 0 Å². The molecule has 0 saturated carbocycles. The van der Waals surface area contributed by atoms with Crippen LogP contribution in [-0.4, -0.2) is 16.8 Å². The molecule has 0 saturated heterocycles. The quantitative estimate of drug-likeness (QED) is 0.476. The highest BCUT2D eigenvalue weighted by Gasteiger charge is 2.30. The van der Waals surface area contributed by atoms with Crippen LogP contribution in [0.4, 0.5) is 11.4 Å². The zero-order valence-electron chi connectivity index (χ0n) is 16.3. The molecule has 1 aliphatic rings. The second-order valence-corrected chi connectivity index (χ2v) is 8.48. The zero-order valence-corrected chi connectivity index (χ0v) is 17.1. The fraction of sp³-hybridized carbons (Fsp3) is 0.125. The molecule has 2 heterocycles. The second-order valence-electron chi connectivity index (χ2n) is 7.45. The van der Waals surface area contributed by atoms with E-state index in [4.69, 9.17) is 4.98 Å². The Morgan fingerprint density at radius 3 is 2.73 bits per heavy atom. The maximum Gasteiger partial charge on any atom is 0.232 e. The van der Waals surface area contributed by atoms with Gasteiger partial charge in [0.2, 0.25) is 11.8 Å². The first kappa shape index (κ1) is 18.5. The summed E-state index contributed by atoms with van der Waals surface area (Å²) in [7, 11) is 0. The smallest absolute Gasteiger partial charge is 0.232 e. The average molecular weight is 414 g/mol. The van der Waals surface area contributed by atoms with Crippen LogP contribution in [0.15, 0.2) is 66.7 Å². The fourth-order valence-electron chi connectivity index (χ4n) is 3.73. The predicted octanol–water partition coefficient (Wildman–Crippen LogP) is 5.34. The largest absolute Gasteiger partial charge is 0.326 e. The van der Waals surface area contributed by atoms with Crippen LogP contribution >= 0.6 is 11.3 Å². The van der Waals surface area contributed by atoms with Crippen molar-refractivity contribution in [1.82, 2.24) is 4.98 Å². The van der Waals surface area contributed by atoms with E-state index in [0.29, 0.717) is 11.4 Å². The Kier molecular flexibility index (Phi) is 4.56. The van der Waals surface area contributed by atoms with Crippen LogP contribution < -0.4 is 10.6 Å². The number of rotatable bonds is 3. The number of hydrogen-bond acceptors (Lipinski definition) is 4. The lowest BCUT2D eigenvalue weighted by Gasteiger charge is -2.24. The van der Waals surface area contributed by atoms with Crippen molar-refractivity contribution in [3.63, 3.8) is 0 Å². The Morgan fingerprint density at radius 2 is 1.90 bits per heavy atom. The maximum atomic E-state index is 12.9. The molecule has 0 radical (unpaired) electrons. The molecule has 0 bridgehead atoms. The van der Waals surface area contributed by atoms with Gasteiger partial charge in [-0.05, 0) is 60.5 Å². The second kappa shape index (κ2) is 7.39. The minimum atomic E-state index is -0.498. The van der Waals surface area contributed by atoms with Gasteiger partial charge in [-0.3, -0.25) is 9.59 Å². The van der Waals surface area contributed by atoms with E-state index in [1.165, 1.54) is 5.56 Å². The van der Waals surface area contributed by atoms with Crippen LogP contribution in [0.25, 0.3) is 20.8 Å². The van der Waals surface area contributed by atoms with E-state index < -0.39 is 5.92 Å². The van der Waals surface area contributed by atoms with Gasteiger partial charge in [-0.25, -0.2) is 4.98 Å². The van der Waals surface area contributed by atoms with E-state index in [-0.39, 0.29) is 18.2 Å². The lowest BCUT2D eigenvalue weighted by molar-refractivity contribution is -0.123. The van der Waals surface area contributed by atoms with Gasteiger partial charge in [-0.1, -0.05) is 24.3 Å². The molecule has 148 valence electrons. The molecule has 1 aliphatic heterocycles. The van der Waals surface area contributed by atoms with Crippen LogP contribution in [0.1, 0.15) is 23.5 Å². The van der Waals surface area contributed by atoms with Crippen molar-refractivity contribution in [3.8, 4) is 10.6 Å². The van der Waals surface area contributed by atoms with Crippen LogP contribution in [0, 0.1) is 6.92 Å². The molecule has 1 atom stereocenters. The molecule has 5 rings (SSSR count). The first-order valence-electron chi connectivity index (χ1n) is 9.74. The molecular formula is C24H19N3O2S. The Morgan fingerprint density at radius 1 is 1.10 bits per heavy atom. The molecule has 5 nitrogen and oxygen atoms in total.